The van der Waals surface area contributed by atoms with E-state index in [4.69, 9.17) is 0 Å². The van der Waals surface area contributed by atoms with Gasteiger partial charge >= 0.3 is 0 Å². The van der Waals surface area contributed by atoms with Crippen LogP contribution in [0.1, 0.15) is 422 Å². The maximum absolute atomic E-state index is 3.05. The summed E-state index contributed by atoms with van der Waals surface area (Å²) < 4.78 is 0. The van der Waals surface area contributed by atoms with Crippen molar-refractivity contribution in [3.8, 4) is 0 Å². The fourth-order valence-corrected chi connectivity index (χ4v) is 31.7. The summed E-state index contributed by atoms with van der Waals surface area (Å²) >= 11 is 0. The van der Waals surface area contributed by atoms with Gasteiger partial charge in [0.15, 0.2) is 0 Å². The van der Waals surface area contributed by atoms with Crippen molar-refractivity contribution < 1.29 is 0 Å². The van der Waals surface area contributed by atoms with E-state index in [9.17, 15) is 0 Å². The Morgan fingerprint density at radius 2 is 0.362 bits per heavy atom. The lowest BCUT2D eigenvalue weighted by atomic mass is 9.84. The SMILES string of the molecule is CC1=C(C)N(C2CCCC2)C(C2CCCC2)N1c1ccccc1C.CC1=C(C)N(C2CCCCC2)C(C2CCCC2)N1c1ccccc1C.CC1=C(C2CCCC2)N(C2CCCCC2)C(C2CCCC2)N1c1ccccc1C.CC1=C(C2CCCCC2)N(C2CCCCC2)C(C2CCCC2)N1c1ccccc1C.CC1=C(c2ccccc2)N(C2CCCCC2)C(C2CCCC2)N1c1ccccc1C. The van der Waals surface area contributed by atoms with Crippen LogP contribution in [0.5, 0.6) is 0 Å². The van der Waals surface area contributed by atoms with Crippen LogP contribution in [0.3, 0.4) is 0 Å². The smallest absolute Gasteiger partial charge is 0.109 e. The van der Waals surface area contributed by atoms with Gasteiger partial charge in [0, 0.05) is 122 Å². The minimum absolute atomic E-state index is 0.465. The van der Waals surface area contributed by atoms with Crippen LogP contribution in [-0.4, -0.2) is 85.5 Å². The largest absolute Gasteiger partial charge is 0.350 e. The van der Waals surface area contributed by atoms with E-state index >= 15 is 0 Å². The lowest BCUT2D eigenvalue weighted by Crippen LogP contribution is -2.51. The van der Waals surface area contributed by atoms with Gasteiger partial charge in [0.25, 0.3) is 0 Å². The Labute approximate surface area is 839 Å². The number of hydrogen-bond acceptors (Lipinski definition) is 10. The standard InChI is InChI=1S/C28H42N2.C28H36N2.C27H40N2.C23H34N2.C22H32N2/c2*1-21-13-9-12-20-26(21)29-22(2)27(23-14-5-3-6-15-23)30(25-18-7-4-8-19-25)28(29)24-16-10-11-17-24;1-20-12-6-11-19-25(20)28-21(2)26(22-13-7-8-14-22)29(24-17-4-3-5-18-24)27(28)23-15-9-10-16-23;1-17-11-7-10-16-22(17)25-19(3)18(2)24(21-14-5-4-6-15-21)23(25)20-12-8-9-13-20;1-16-10-4-9-15-21(16)24-18(3)17(2)23(20-13-7-8-14-20)22(24)19-11-5-6-12-19/h9,12-13,20,23-25,28H,3-8,10-11,14-19H2,1-2H3;3,5-6,9,12-15,20,24-25,28H,4,7-8,10-11,16-19H2,1-2H3;6,11-12,19,22-24,27H,3-5,7-10,13-18H2,1-2H3;7,10-11,16,20-21,23H,4-6,8-9,12-15H2,1-3H3;4,9-10,15,19-20,22H,5-8,11-14H2,1-3H3. The Bertz CT molecular complexity index is 5090. The fraction of sp³-hybridized carbons (Fsp3) is 0.641. The van der Waals surface area contributed by atoms with Gasteiger partial charge in [0.05, 0.1) is 5.70 Å². The van der Waals surface area contributed by atoms with Gasteiger partial charge in [-0.1, -0.05) is 308 Å². The molecule has 0 aromatic heterocycles. The third-order valence-electron chi connectivity index (χ3n) is 38.6. The van der Waals surface area contributed by atoms with E-state index in [1.54, 1.807) is 22.8 Å². The van der Waals surface area contributed by atoms with E-state index in [2.05, 4.69) is 284 Å². The van der Waals surface area contributed by atoms with Crippen molar-refractivity contribution in [3.05, 3.63) is 236 Å². The molecule has 5 unspecified atom stereocenters. The number of rotatable bonds is 18. The number of aryl methyl sites for hydroxylation is 5. The predicted molar refractivity (Wildman–Crippen MR) is 586 cm³/mol. The zero-order valence-corrected chi connectivity index (χ0v) is 88.7. The number of benzene rings is 6. The summed E-state index contributed by atoms with van der Waals surface area (Å²) in [6, 6.07) is 60.2. The van der Waals surface area contributed by atoms with Crippen LogP contribution in [-0.2, 0) is 0 Å². The molecule has 0 spiro atoms. The molecule has 17 aliphatic rings. The first-order valence-electron chi connectivity index (χ1n) is 58.3. The van der Waals surface area contributed by atoms with Crippen LogP contribution in [0.25, 0.3) is 5.70 Å². The van der Waals surface area contributed by atoms with Crippen molar-refractivity contribution in [1.82, 2.24) is 24.5 Å². The normalized spacial score (nSPS) is 26.2. The lowest BCUT2D eigenvalue weighted by Gasteiger charge is -2.45. The van der Waals surface area contributed by atoms with Gasteiger partial charge in [-0.15, -0.1) is 0 Å². The van der Waals surface area contributed by atoms with E-state index in [0.29, 0.717) is 36.9 Å². The maximum atomic E-state index is 3.05. The molecule has 6 aromatic rings. The van der Waals surface area contributed by atoms with Crippen LogP contribution < -0.4 is 24.5 Å². The van der Waals surface area contributed by atoms with Crippen molar-refractivity contribution in [2.45, 2.75) is 484 Å². The highest BCUT2D eigenvalue weighted by Crippen LogP contribution is 2.57. The predicted octanol–water partition coefficient (Wildman–Crippen LogP) is 34.6. The molecule has 10 heteroatoms. The van der Waals surface area contributed by atoms with Gasteiger partial charge in [0.1, 0.15) is 30.8 Å². The molecule has 5 atom stereocenters. The van der Waals surface area contributed by atoms with E-state index < -0.39 is 0 Å². The molecule has 0 saturated heterocycles. The summed E-state index contributed by atoms with van der Waals surface area (Å²) in [5.41, 5.74) is 31.3. The average molecular weight is 1860 g/mol. The highest BCUT2D eigenvalue weighted by Gasteiger charge is 2.53. The first-order valence-corrected chi connectivity index (χ1v) is 58.3. The van der Waals surface area contributed by atoms with Crippen LogP contribution >= 0.6 is 0 Å². The number of anilines is 5. The molecule has 10 nitrogen and oxygen atoms in total. The Morgan fingerprint density at radius 1 is 0.167 bits per heavy atom. The minimum atomic E-state index is 0.465. The highest BCUT2D eigenvalue weighted by atomic mass is 15.5. The van der Waals surface area contributed by atoms with Gasteiger partial charge in [-0.3, -0.25) is 0 Å². The number of hydrogen-bond donors (Lipinski definition) is 0. The molecular weight excluding hydrogens is 1680 g/mol. The Kier molecular flexibility index (Phi) is 33.0. The molecule has 746 valence electrons. The lowest BCUT2D eigenvalue weighted by molar-refractivity contribution is 0.107. The molecule has 12 aliphatic carbocycles. The molecule has 23 rings (SSSR count). The molecule has 12 fully saturated rings. The first-order chi connectivity index (χ1) is 67.6. The number of allylic oxidation sites excluding steroid dienone is 9. The molecule has 138 heavy (non-hydrogen) atoms. The molecule has 0 bridgehead atoms. The van der Waals surface area contributed by atoms with E-state index in [1.807, 2.05) is 0 Å². The highest BCUT2D eigenvalue weighted by molar-refractivity contribution is 5.78. The Morgan fingerprint density at radius 3 is 0.638 bits per heavy atom. The Hall–Kier alpha value is -7.98. The molecule has 5 heterocycles. The van der Waals surface area contributed by atoms with Crippen molar-refractivity contribution in [3.63, 3.8) is 0 Å². The Balaban J connectivity index is 0.000000111. The quantitative estimate of drug-likeness (QED) is 0.0830. The second-order valence-electron chi connectivity index (χ2n) is 47.1. The summed E-state index contributed by atoms with van der Waals surface area (Å²) in [5, 5.41) is 0. The van der Waals surface area contributed by atoms with E-state index in [-0.39, 0.29) is 0 Å². The third-order valence-corrected chi connectivity index (χ3v) is 38.6. The molecule has 12 saturated carbocycles. The third kappa shape index (κ3) is 20.7. The topological polar surface area (TPSA) is 32.4 Å². The second kappa shape index (κ2) is 46.2. The van der Waals surface area contributed by atoms with Gasteiger partial charge in [-0.2, -0.15) is 0 Å². The van der Waals surface area contributed by atoms with Gasteiger partial charge in [-0.05, 0) is 330 Å². The summed E-state index contributed by atoms with van der Waals surface area (Å²) in [6.07, 6.45) is 77.4. The van der Waals surface area contributed by atoms with Crippen molar-refractivity contribution >= 4 is 34.1 Å². The summed E-state index contributed by atoms with van der Waals surface area (Å²) in [6.45, 7) is 28.2. The average Bonchev–Trinajstić information content (AvgIpc) is 1.59. The van der Waals surface area contributed by atoms with Crippen molar-refractivity contribution in [1.29, 1.82) is 0 Å². The van der Waals surface area contributed by atoms with E-state index in [0.717, 1.165) is 65.6 Å². The summed E-state index contributed by atoms with van der Waals surface area (Å²) in [5.74, 6) is 5.62. The summed E-state index contributed by atoms with van der Waals surface area (Å²) in [7, 11) is 0. The molecular formula is C128H184N10. The molecule has 0 radical (unpaired) electrons. The summed E-state index contributed by atoms with van der Waals surface area (Å²) in [4.78, 5) is 28.4. The molecule has 5 aliphatic heterocycles. The van der Waals surface area contributed by atoms with Crippen molar-refractivity contribution in [2.75, 3.05) is 24.5 Å². The van der Waals surface area contributed by atoms with Crippen LogP contribution in [0.4, 0.5) is 28.4 Å². The van der Waals surface area contributed by atoms with Gasteiger partial charge < -0.3 is 49.0 Å². The monoisotopic (exact) mass is 1860 g/mol. The zero-order valence-electron chi connectivity index (χ0n) is 88.7. The fourth-order valence-electron chi connectivity index (χ4n) is 31.7. The van der Waals surface area contributed by atoms with Crippen LogP contribution in [0.15, 0.2) is 203 Å². The van der Waals surface area contributed by atoms with Gasteiger partial charge in [-0.25, -0.2) is 0 Å². The van der Waals surface area contributed by atoms with Crippen molar-refractivity contribution in [2.24, 2.45) is 41.4 Å². The van der Waals surface area contributed by atoms with Crippen LogP contribution in [0, 0.1) is 76.0 Å². The maximum Gasteiger partial charge on any atom is 0.109 e. The number of nitrogens with zero attached hydrogens (tertiary/aromatic N) is 10. The number of para-hydroxylation sites is 5. The molecule has 0 amide bonds. The molecule has 0 N–H and O–H groups in total. The van der Waals surface area contributed by atoms with Crippen LogP contribution in [0.2, 0.25) is 0 Å². The van der Waals surface area contributed by atoms with E-state index in [1.165, 1.54) is 436 Å². The second-order valence-corrected chi connectivity index (χ2v) is 47.1. The van der Waals surface area contributed by atoms with Gasteiger partial charge in [0.2, 0.25) is 0 Å². The molecule has 6 aromatic carbocycles. The zero-order chi connectivity index (χ0) is 94.9. The first kappa shape index (κ1) is 98.8. The minimum Gasteiger partial charge on any atom is -0.350 e.